The molecule has 0 aliphatic heterocycles. The summed E-state index contributed by atoms with van der Waals surface area (Å²) in [5.41, 5.74) is 3.24. The van der Waals surface area contributed by atoms with E-state index in [9.17, 15) is 4.79 Å². The number of benzene rings is 1. The third-order valence-electron chi connectivity index (χ3n) is 3.57. The smallest absolute Gasteiger partial charge is 0.192 e. The average Bonchev–Trinajstić information content (AvgIpc) is 2.56. The van der Waals surface area contributed by atoms with Gasteiger partial charge in [-0.15, -0.1) is 0 Å². The highest BCUT2D eigenvalue weighted by Gasteiger charge is 2.16. The van der Waals surface area contributed by atoms with E-state index in [1.54, 1.807) is 0 Å². The van der Waals surface area contributed by atoms with Crippen molar-refractivity contribution in [3.63, 3.8) is 0 Å². The SMILES string of the molecule is O=c1c2c([nH]c3c(Br)cc(Br)cc13)CCCCC2. The van der Waals surface area contributed by atoms with Crippen LogP contribution in [0.2, 0.25) is 0 Å². The van der Waals surface area contributed by atoms with Gasteiger partial charge in [0.15, 0.2) is 5.43 Å². The zero-order valence-electron chi connectivity index (χ0n) is 9.85. The van der Waals surface area contributed by atoms with Gasteiger partial charge in [0.2, 0.25) is 0 Å². The van der Waals surface area contributed by atoms with Crippen molar-refractivity contribution >= 4 is 42.8 Å². The van der Waals surface area contributed by atoms with Crippen LogP contribution in [0, 0.1) is 0 Å². The van der Waals surface area contributed by atoms with E-state index < -0.39 is 0 Å². The van der Waals surface area contributed by atoms with Crippen LogP contribution in [0.15, 0.2) is 25.9 Å². The van der Waals surface area contributed by atoms with E-state index in [4.69, 9.17) is 0 Å². The molecular weight excluding hydrogens is 358 g/mol. The molecule has 0 bridgehead atoms. The van der Waals surface area contributed by atoms with Crippen LogP contribution in [0.5, 0.6) is 0 Å². The lowest BCUT2D eigenvalue weighted by Gasteiger charge is -2.09. The van der Waals surface area contributed by atoms with Gasteiger partial charge in [-0.1, -0.05) is 22.4 Å². The summed E-state index contributed by atoms with van der Waals surface area (Å²) < 4.78 is 1.87. The Hall–Kier alpha value is -0.610. The van der Waals surface area contributed by atoms with Gasteiger partial charge in [-0.05, 0) is 53.7 Å². The van der Waals surface area contributed by atoms with Gasteiger partial charge in [0.25, 0.3) is 0 Å². The van der Waals surface area contributed by atoms with Crippen molar-refractivity contribution in [2.24, 2.45) is 0 Å². The molecule has 0 unspecified atom stereocenters. The van der Waals surface area contributed by atoms with E-state index >= 15 is 0 Å². The normalized spacial score (nSPS) is 15.4. The maximum Gasteiger partial charge on any atom is 0.192 e. The molecule has 0 spiro atoms. The summed E-state index contributed by atoms with van der Waals surface area (Å²) in [5, 5.41) is 0.775. The van der Waals surface area contributed by atoms with Gasteiger partial charge >= 0.3 is 0 Å². The van der Waals surface area contributed by atoms with Crippen LogP contribution in [-0.2, 0) is 12.8 Å². The number of H-pyrrole nitrogens is 1. The topological polar surface area (TPSA) is 32.9 Å². The van der Waals surface area contributed by atoms with Crippen LogP contribution in [0.1, 0.15) is 30.5 Å². The lowest BCUT2D eigenvalue weighted by Crippen LogP contribution is -2.14. The van der Waals surface area contributed by atoms with Crippen molar-refractivity contribution in [2.75, 3.05) is 0 Å². The summed E-state index contributed by atoms with van der Waals surface area (Å²) in [4.78, 5) is 16.0. The molecular formula is C14H13Br2NO. The molecule has 0 amide bonds. The van der Waals surface area contributed by atoms with Gasteiger partial charge in [-0.3, -0.25) is 4.79 Å². The summed E-state index contributed by atoms with van der Waals surface area (Å²) >= 11 is 6.98. The zero-order valence-corrected chi connectivity index (χ0v) is 13.0. The third kappa shape index (κ3) is 2.05. The molecule has 0 radical (unpaired) electrons. The average molecular weight is 371 g/mol. The molecule has 1 heterocycles. The fourth-order valence-corrected chi connectivity index (χ4v) is 3.99. The van der Waals surface area contributed by atoms with E-state index in [1.807, 2.05) is 12.1 Å². The van der Waals surface area contributed by atoms with Crippen LogP contribution in [-0.4, -0.2) is 4.98 Å². The van der Waals surface area contributed by atoms with Crippen LogP contribution < -0.4 is 5.43 Å². The molecule has 2 aromatic rings. The van der Waals surface area contributed by atoms with Crippen molar-refractivity contribution in [3.8, 4) is 0 Å². The Morgan fingerprint density at radius 1 is 1.06 bits per heavy atom. The lowest BCUT2D eigenvalue weighted by molar-refractivity contribution is 0.708. The number of pyridine rings is 1. The molecule has 3 rings (SSSR count). The zero-order chi connectivity index (χ0) is 12.7. The van der Waals surface area contributed by atoms with Gasteiger partial charge in [0.1, 0.15) is 0 Å². The predicted octanol–water partition coefficient (Wildman–Crippen LogP) is 4.32. The first-order valence-corrected chi connectivity index (χ1v) is 7.78. The highest BCUT2D eigenvalue weighted by Crippen LogP contribution is 2.27. The van der Waals surface area contributed by atoms with Crippen molar-refractivity contribution in [3.05, 3.63) is 42.6 Å². The second kappa shape index (κ2) is 4.82. The number of nitrogens with one attached hydrogen (secondary N) is 1. The minimum absolute atomic E-state index is 0.197. The van der Waals surface area contributed by atoms with Gasteiger partial charge in [0.05, 0.1) is 5.52 Å². The van der Waals surface area contributed by atoms with Crippen LogP contribution in [0.4, 0.5) is 0 Å². The Bertz CT molecular complexity index is 676. The van der Waals surface area contributed by atoms with Gasteiger partial charge in [-0.25, -0.2) is 0 Å². The van der Waals surface area contributed by atoms with Crippen LogP contribution >= 0.6 is 31.9 Å². The maximum atomic E-state index is 12.6. The van der Waals surface area contributed by atoms with Gasteiger partial charge in [0, 0.05) is 25.6 Å². The van der Waals surface area contributed by atoms with Gasteiger partial charge < -0.3 is 4.98 Å². The summed E-state index contributed by atoms with van der Waals surface area (Å²) in [6.07, 6.45) is 5.40. The first-order chi connectivity index (χ1) is 8.66. The van der Waals surface area contributed by atoms with Crippen molar-refractivity contribution in [2.45, 2.75) is 32.1 Å². The molecule has 18 heavy (non-hydrogen) atoms. The first kappa shape index (κ1) is 12.4. The number of aromatic amines is 1. The standard InChI is InChI=1S/C14H13Br2NO/c15-8-6-10-13(11(16)7-8)17-12-5-3-1-2-4-9(12)14(10)18/h6-7H,1-5H2,(H,17,18). The molecule has 4 heteroatoms. The second-order valence-corrected chi connectivity index (χ2v) is 6.55. The second-order valence-electron chi connectivity index (χ2n) is 4.78. The van der Waals surface area contributed by atoms with E-state index in [-0.39, 0.29) is 5.43 Å². The molecule has 1 aromatic carbocycles. The molecule has 0 atom stereocenters. The maximum absolute atomic E-state index is 12.6. The number of hydrogen-bond donors (Lipinski definition) is 1. The fourth-order valence-electron chi connectivity index (χ4n) is 2.66. The Kier molecular flexibility index (Phi) is 3.32. The number of rotatable bonds is 0. The molecule has 1 N–H and O–H groups in total. The summed E-state index contributed by atoms with van der Waals surface area (Å²) in [5.74, 6) is 0. The molecule has 1 aliphatic carbocycles. The summed E-state index contributed by atoms with van der Waals surface area (Å²) in [6.45, 7) is 0. The molecule has 2 nitrogen and oxygen atoms in total. The third-order valence-corrected chi connectivity index (χ3v) is 4.65. The number of hydrogen-bond acceptors (Lipinski definition) is 1. The van der Waals surface area contributed by atoms with E-state index in [1.165, 1.54) is 12.8 Å². The number of fused-ring (bicyclic) bond motifs is 2. The van der Waals surface area contributed by atoms with E-state index in [0.29, 0.717) is 0 Å². The Morgan fingerprint density at radius 2 is 1.83 bits per heavy atom. The quantitative estimate of drug-likeness (QED) is 0.688. The molecule has 0 saturated heterocycles. The molecule has 1 aromatic heterocycles. The summed E-state index contributed by atoms with van der Waals surface area (Å²) in [6, 6.07) is 3.88. The number of aryl methyl sites for hydroxylation is 1. The Morgan fingerprint density at radius 3 is 2.67 bits per heavy atom. The largest absolute Gasteiger partial charge is 0.357 e. The van der Waals surface area contributed by atoms with Crippen molar-refractivity contribution in [1.29, 1.82) is 0 Å². The molecule has 94 valence electrons. The molecule has 0 saturated carbocycles. The lowest BCUT2D eigenvalue weighted by atomic mass is 10.0. The van der Waals surface area contributed by atoms with Crippen LogP contribution in [0.3, 0.4) is 0 Å². The van der Waals surface area contributed by atoms with Crippen LogP contribution in [0.25, 0.3) is 10.9 Å². The number of halogens is 2. The van der Waals surface area contributed by atoms with E-state index in [2.05, 4.69) is 36.8 Å². The monoisotopic (exact) mass is 369 g/mol. The summed E-state index contributed by atoms with van der Waals surface area (Å²) in [7, 11) is 0. The van der Waals surface area contributed by atoms with Crippen molar-refractivity contribution < 1.29 is 0 Å². The van der Waals surface area contributed by atoms with E-state index in [0.717, 1.165) is 50.4 Å². The minimum atomic E-state index is 0.197. The number of aromatic nitrogens is 1. The predicted molar refractivity (Wildman–Crippen MR) is 81.2 cm³/mol. The van der Waals surface area contributed by atoms with Gasteiger partial charge in [-0.2, -0.15) is 0 Å². The molecule has 0 fully saturated rings. The highest BCUT2D eigenvalue weighted by atomic mass is 79.9. The first-order valence-electron chi connectivity index (χ1n) is 6.19. The Labute approximate surface area is 122 Å². The minimum Gasteiger partial charge on any atom is -0.357 e. The fraction of sp³-hybridized carbons (Fsp3) is 0.357. The van der Waals surface area contributed by atoms with Crippen molar-refractivity contribution in [1.82, 2.24) is 4.98 Å². The highest BCUT2D eigenvalue weighted by molar-refractivity contribution is 9.11. The molecule has 1 aliphatic rings. The Balaban J connectivity index is 2.38.